The molecule has 0 bridgehead atoms. The van der Waals surface area contributed by atoms with Gasteiger partial charge in [-0.25, -0.2) is 0 Å². The molecule has 0 saturated heterocycles. The minimum Gasteiger partial charge on any atom is -0.324 e. The van der Waals surface area contributed by atoms with Gasteiger partial charge in [-0.2, -0.15) is 0 Å². The zero-order valence-corrected chi connectivity index (χ0v) is 12.6. The molecular weight excluding hydrogens is 341 g/mol. The van der Waals surface area contributed by atoms with E-state index in [0.29, 0.717) is 0 Å². The van der Waals surface area contributed by atoms with Gasteiger partial charge in [-0.05, 0) is 64.4 Å². The van der Waals surface area contributed by atoms with Gasteiger partial charge in [0.1, 0.15) is 0 Å². The van der Waals surface area contributed by atoms with Gasteiger partial charge >= 0.3 is 0 Å². The molecule has 3 heteroatoms. The van der Waals surface area contributed by atoms with E-state index in [1.807, 2.05) is 0 Å². The third kappa shape index (κ3) is 4.08. The average molecular weight is 357 g/mol. The van der Waals surface area contributed by atoms with E-state index in [1.54, 1.807) is 11.3 Å². The van der Waals surface area contributed by atoms with Crippen LogP contribution in [-0.2, 0) is 6.42 Å². The highest BCUT2D eigenvalue weighted by Crippen LogP contribution is 2.24. The Kier molecular flexibility index (Phi) is 5.00. The van der Waals surface area contributed by atoms with E-state index in [0.717, 1.165) is 19.3 Å². The van der Waals surface area contributed by atoms with Crippen LogP contribution in [0.3, 0.4) is 0 Å². The Balaban J connectivity index is 1.79. The summed E-state index contributed by atoms with van der Waals surface area (Å²) >= 11 is 4.11. The molecule has 0 aliphatic carbocycles. The fraction of sp³-hybridized carbons (Fsp3) is 0.286. The van der Waals surface area contributed by atoms with Crippen LogP contribution in [0, 0.1) is 2.88 Å². The number of rotatable bonds is 5. The van der Waals surface area contributed by atoms with Crippen molar-refractivity contribution in [2.45, 2.75) is 25.3 Å². The molecule has 0 spiro atoms. The predicted octanol–water partition coefficient (Wildman–Crippen LogP) is 4.38. The summed E-state index contributed by atoms with van der Waals surface area (Å²) in [6, 6.07) is 13.0. The number of halogens is 1. The third-order valence-corrected chi connectivity index (χ3v) is 4.65. The lowest BCUT2D eigenvalue weighted by molar-refractivity contribution is 0.613. The van der Waals surface area contributed by atoms with Crippen molar-refractivity contribution in [3.05, 3.63) is 55.8 Å². The molecule has 1 heterocycles. The van der Waals surface area contributed by atoms with Crippen LogP contribution in [0.4, 0.5) is 0 Å². The second-order valence-electron chi connectivity index (χ2n) is 4.17. The molecule has 0 saturated carbocycles. The molecule has 0 aliphatic rings. The zero-order valence-electron chi connectivity index (χ0n) is 9.60. The topological polar surface area (TPSA) is 26.0 Å². The Bertz CT molecular complexity index is 452. The summed E-state index contributed by atoms with van der Waals surface area (Å²) in [5.41, 5.74) is 8.86. The summed E-state index contributed by atoms with van der Waals surface area (Å²) in [5.74, 6) is 0. The molecule has 0 fully saturated rings. The maximum Gasteiger partial charge on any atom is 0.0656 e. The van der Waals surface area contributed by atoms with Crippen LogP contribution in [0.5, 0.6) is 0 Å². The molecule has 0 amide bonds. The van der Waals surface area contributed by atoms with Crippen molar-refractivity contribution in [2.75, 3.05) is 0 Å². The maximum absolute atomic E-state index is 6.18. The first-order valence-corrected chi connectivity index (χ1v) is 7.75. The third-order valence-electron chi connectivity index (χ3n) is 2.84. The van der Waals surface area contributed by atoms with Crippen molar-refractivity contribution in [3.8, 4) is 0 Å². The number of benzene rings is 1. The number of aryl methyl sites for hydroxylation is 1. The predicted molar refractivity (Wildman–Crippen MR) is 83.3 cm³/mol. The Morgan fingerprint density at radius 1 is 1.24 bits per heavy atom. The molecule has 2 N–H and O–H groups in total. The van der Waals surface area contributed by atoms with E-state index in [4.69, 9.17) is 5.73 Å². The molecule has 1 unspecified atom stereocenters. The molecule has 1 aromatic heterocycles. The van der Waals surface area contributed by atoms with E-state index in [-0.39, 0.29) is 6.04 Å². The SMILES string of the molecule is NC(CCCc1ccccc1)c1csc(I)c1. The Morgan fingerprint density at radius 2 is 2.00 bits per heavy atom. The Labute approximate surface area is 120 Å². The van der Waals surface area contributed by atoms with Gasteiger partial charge in [-0.3, -0.25) is 0 Å². The molecule has 17 heavy (non-hydrogen) atoms. The summed E-state index contributed by atoms with van der Waals surface area (Å²) < 4.78 is 1.32. The van der Waals surface area contributed by atoms with E-state index in [2.05, 4.69) is 64.4 Å². The number of hydrogen-bond donors (Lipinski definition) is 1. The van der Waals surface area contributed by atoms with Gasteiger partial charge in [0.15, 0.2) is 0 Å². The van der Waals surface area contributed by atoms with Gasteiger partial charge in [0.05, 0.1) is 2.88 Å². The first-order chi connectivity index (χ1) is 8.25. The minimum absolute atomic E-state index is 0.193. The highest BCUT2D eigenvalue weighted by Gasteiger charge is 2.07. The summed E-state index contributed by atoms with van der Waals surface area (Å²) in [5, 5.41) is 2.18. The van der Waals surface area contributed by atoms with Crippen LogP contribution in [0.25, 0.3) is 0 Å². The summed E-state index contributed by atoms with van der Waals surface area (Å²) in [6.07, 6.45) is 3.33. The fourth-order valence-corrected chi connectivity index (χ4v) is 3.29. The highest BCUT2D eigenvalue weighted by atomic mass is 127. The molecule has 1 nitrogen and oxygen atoms in total. The maximum atomic E-state index is 6.18. The van der Waals surface area contributed by atoms with Crippen molar-refractivity contribution in [1.82, 2.24) is 0 Å². The largest absolute Gasteiger partial charge is 0.324 e. The lowest BCUT2D eigenvalue weighted by Crippen LogP contribution is -2.09. The van der Waals surface area contributed by atoms with Crippen molar-refractivity contribution in [3.63, 3.8) is 0 Å². The van der Waals surface area contributed by atoms with Gasteiger partial charge in [0, 0.05) is 6.04 Å². The first kappa shape index (κ1) is 13.1. The highest BCUT2D eigenvalue weighted by molar-refractivity contribution is 14.1. The second kappa shape index (κ2) is 6.52. The van der Waals surface area contributed by atoms with Crippen molar-refractivity contribution < 1.29 is 0 Å². The van der Waals surface area contributed by atoms with Crippen LogP contribution < -0.4 is 5.73 Å². The summed E-state index contributed by atoms with van der Waals surface area (Å²) in [7, 11) is 0. The molecular formula is C14H16INS. The van der Waals surface area contributed by atoms with Gasteiger partial charge in [0.2, 0.25) is 0 Å². The molecule has 0 radical (unpaired) electrons. The number of thiophene rings is 1. The van der Waals surface area contributed by atoms with Crippen molar-refractivity contribution in [1.29, 1.82) is 0 Å². The van der Waals surface area contributed by atoms with E-state index >= 15 is 0 Å². The molecule has 2 aromatic rings. The monoisotopic (exact) mass is 357 g/mol. The van der Waals surface area contributed by atoms with Gasteiger partial charge < -0.3 is 5.73 Å². The Morgan fingerprint density at radius 3 is 2.65 bits per heavy atom. The number of nitrogens with two attached hydrogens (primary N) is 1. The average Bonchev–Trinajstić information content (AvgIpc) is 2.77. The first-order valence-electron chi connectivity index (χ1n) is 5.79. The molecule has 1 atom stereocenters. The molecule has 90 valence electrons. The molecule has 0 aliphatic heterocycles. The standard InChI is InChI=1S/C14H16INS/c15-14-9-12(10-17-14)13(16)8-4-7-11-5-2-1-3-6-11/h1-3,5-6,9-10,13H,4,7-8,16H2. The summed E-state index contributed by atoms with van der Waals surface area (Å²) in [4.78, 5) is 0. The van der Waals surface area contributed by atoms with Crippen LogP contribution in [0.1, 0.15) is 30.0 Å². The van der Waals surface area contributed by atoms with Crippen LogP contribution >= 0.6 is 33.9 Å². The van der Waals surface area contributed by atoms with E-state index in [9.17, 15) is 0 Å². The Hall–Kier alpha value is -0.390. The van der Waals surface area contributed by atoms with Gasteiger partial charge in [-0.15, -0.1) is 11.3 Å². The molecule has 2 rings (SSSR count). The minimum atomic E-state index is 0.193. The lowest BCUT2D eigenvalue weighted by atomic mass is 10.0. The van der Waals surface area contributed by atoms with Gasteiger partial charge in [0.25, 0.3) is 0 Å². The normalized spacial score (nSPS) is 12.6. The second-order valence-corrected chi connectivity index (χ2v) is 6.97. The fourth-order valence-electron chi connectivity index (χ4n) is 1.86. The summed E-state index contributed by atoms with van der Waals surface area (Å²) in [6.45, 7) is 0. The lowest BCUT2D eigenvalue weighted by Gasteiger charge is -2.09. The zero-order chi connectivity index (χ0) is 12.1. The van der Waals surface area contributed by atoms with Crippen molar-refractivity contribution in [2.24, 2.45) is 5.73 Å². The number of hydrogen-bond acceptors (Lipinski definition) is 2. The van der Waals surface area contributed by atoms with E-state index in [1.165, 1.54) is 14.0 Å². The quantitative estimate of drug-likeness (QED) is 0.790. The smallest absolute Gasteiger partial charge is 0.0656 e. The van der Waals surface area contributed by atoms with Crippen LogP contribution in [0.15, 0.2) is 41.8 Å². The van der Waals surface area contributed by atoms with Crippen LogP contribution in [-0.4, -0.2) is 0 Å². The molecule has 1 aromatic carbocycles. The van der Waals surface area contributed by atoms with Crippen molar-refractivity contribution >= 4 is 33.9 Å². The van der Waals surface area contributed by atoms with Gasteiger partial charge in [-0.1, -0.05) is 30.3 Å². The van der Waals surface area contributed by atoms with E-state index < -0.39 is 0 Å². The van der Waals surface area contributed by atoms with Crippen LogP contribution in [0.2, 0.25) is 0 Å².